The van der Waals surface area contributed by atoms with E-state index in [2.05, 4.69) is 56.9 Å². The standard InChI is InChI=1S/C16H20N6.ClH/c1-4-17-16-20-14(13-10-19-22(3)15(13)21-16)18-9-12-7-5-11(2)6-8-12;/h5-8,10H,4,9H2,1-3H3,(H2,17,18,20,21);1H. The van der Waals surface area contributed by atoms with Crippen molar-refractivity contribution >= 4 is 35.2 Å². The number of aryl methyl sites for hydroxylation is 2. The van der Waals surface area contributed by atoms with Gasteiger partial charge in [-0.25, -0.2) is 0 Å². The molecule has 0 aliphatic carbocycles. The zero-order chi connectivity index (χ0) is 15.5. The molecule has 0 spiro atoms. The number of halogens is 1. The minimum atomic E-state index is 0. The maximum atomic E-state index is 4.55. The molecule has 0 saturated carbocycles. The zero-order valence-electron chi connectivity index (χ0n) is 13.5. The van der Waals surface area contributed by atoms with Crippen molar-refractivity contribution < 1.29 is 0 Å². The third-order valence-electron chi connectivity index (χ3n) is 3.51. The molecule has 122 valence electrons. The summed E-state index contributed by atoms with van der Waals surface area (Å²) < 4.78 is 1.76. The van der Waals surface area contributed by atoms with Gasteiger partial charge in [-0.1, -0.05) is 29.8 Å². The molecule has 6 nitrogen and oxygen atoms in total. The maximum Gasteiger partial charge on any atom is 0.226 e. The molecule has 23 heavy (non-hydrogen) atoms. The number of fused-ring (bicyclic) bond motifs is 1. The number of nitrogens with one attached hydrogen (secondary N) is 2. The molecule has 0 radical (unpaired) electrons. The highest BCUT2D eigenvalue weighted by atomic mass is 35.5. The van der Waals surface area contributed by atoms with Crippen molar-refractivity contribution in [3.05, 3.63) is 41.6 Å². The molecule has 3 rings (SSSR count). The lowest BCUT2D eigenvalue weighted by atomic mass is 10.1. The third-order valence-corrected chi connectivity index (χ3v) is 3.51. The monoisotopic (exact) mass is 332 g/mol. The van der Waals surface area contributed by atoms with Crippen molar-refractivity contribution in [2.45, 2.75) is 20.4 Å². The number of benzene rings is 1. The summed E-state index contributed by atoms with van der Waals surface area (Å²) in [6.45, 7) is 5.60. The first-order valence-electron chi connectivity index (χ1n) is 7.40. The van der Waals surface area contributed by atoms with Crippen molar-refractivity contribution in [2.24, 2.45) is 7.05 Å². The highest BCUT2D eigenvalue weighted by Crippen LogP contribution is 2.22. The molecular weight excluding hydrogens is 312 g/mol. The van der Waals surface area contributed by atoms with Crippen molar-refractivity contribution in [1.29, 1.82) is 0 Å². The van der Waals surface area contributed by atoms with Crippen LogP contribution in [0, 0.1) is 6.92 Å². The van der Waals surface area contributed by atoms with Crippen LogP contribution < -0.4 is 10.6 Å². The summed E-state index contributed by atoms with van der Waals surface area (Å²) in [4.78, 5) is 9.04. The number of rotatable bonds is 5. The van der Waals surface area contributed by atoms with E-state index >= 15 is 0 Å². The SMILES string of the molecule is CCNc1nc(NCc2ccc(C)cc2)c2cnn(C)c2n1.Cl. The van der Waals surface area contributed by atoms with Gasteiger partial charge in [0.1, 0.15) is 5.82 Å². The summed E-state index contributed by atoms with van der Waals surface area (Å²) in [5, 5.41) is 11.7. The molecule has 0 aliphatic heterocycles. The molecule has 0 amide bonds. The van der Waals surface area contributed by atoms with Crippen LogP contribution in [-0.4, -0.2) is 26.3 Å². The number of hydrogen-bond donors (Lipinski definition) is 2. The molecule has 0 fully saturated rings. The smallest absolute Gasteiger partial charge is 0.226 e. The van der Waals surface area contributed by atoms with E-state index in [0.717, 1.165) is 23.4 Å². The second kappa shape index (κ2) is 7.28. The Bertz CT molecular complexity index is 781. The van der Waals surface area contributed by atoms with Gasteiger partial charge in [0.2, 0.25) is 5.95 Å². The summed E-state index contributed by atoms with van der Waals surface area (Å²) in [5.41, 5.74) is 3.29. The number of nitrogens with zero attached hydrogens (tertiary/aromatic N) is 4. The molecule has 0 atom stereocenters. The largest absolute Gasteiger partial charge is 0.365 e. The molecule has 7 heteroatoms. The maximum absolute atomic E-state index is 4.55. The van der Waals surface area contributed by atoms with E-state index in [9.17, 15) is 0 Å². The van der Waals surface area contributed by atoms with E-state index in [1.807, 2.05) is 14.0 Å². The Hall–Kier alpha value is -2.34. The predicted octanol–water partition coefficient (Wildman–Crippen LogP) is 3.14. The Morgan fingerprint density at radius 2 is 1.83 bits per heavy atom. The number of hydrogen-bond acceptors (Lipinski definition) is 5. The highest BCUT2D eigenvalue weighted by Gasteiger charge is 2.11. The fraction of sp³-hybridized carbons (Fsp3) is 0.312. The van der Waals surface area contributed by atoms with Gasteiger partial charge in [-0.05, 0) is 19.4 Å². The van der Waals surface area contributed by atoms with Gasteiger partial charge < -0.3 is 10.6 Å². The van der Waals surface area contributed by atoms with Gasteiger partial charge in [0.15, 0.2) is 5.65 Å². The minimum absolute atomic E-state index is 0. The third kappa shape index (κ3) is 3.71. The van der Waals surface area contributed by atoms with Crippen LogP contribution in [0.2, 0.25) is 0 Å². The van der Waals surface area contributed by atoms with Crippen LogP contribution in [0.1, 0.15) is 18.1 Å². The van der Waals surface area contributed by atoms with E-state index < -0.39 is 0 Å². The molecule has 0 saturated heterocycles. The molecule has 2 heterocycles. The molecule has 0 bridgehead atoms. The molecule has 2 aromatic heterocycles. The molecule has 0 aliphatic rings. The highest BCUT2D eigenvalue weighted by molar-refractivity contribution is 5.87. The quantitative estimate of drug-likeness (QED) is 0.751. The Morgan fingerprint density at radius 1 is 1.09 bits per heavy atom. The molecule has 0 unspecified atom stereocenters. The number of aromatic nitrogens is 4. The first kappa shape index (κ1) is 17.0. The predicted molar refractivity (Wildman–Crippen MR) is 96.2 cm³/mol. The normalized spacial score (nSPS) is 10.4. The van der Waals surface area contributed by atoms with E-state index in [1.54, 1.807) is 10.9 Å². The summed E-state index contributed by atoms with van der Waals surface area (Å²) in [5.74, 6) is 1.42. The van der Waals surface area contributed by atoms with Gasteiger partial charge in [-0.2, -0.15) is 15.1 Å². The van der Waals surface area contributed by atoms with Crippen LogP contribution >= 0.6 is 12.4 Å². The second-order valence-electron chi connectivity index (χ2n) is 5.27. The van der Waals surface area contributed by atoms with Crippen LogP contribution in [-0.2, 0) is 13.6 Å². The Kier molecular flexibility index (Phi) is 5.39. The van der Waals surface area contributed by atoms with E-state index in [0.29, 0.717) is 12.5 Å². The lowest BCUT2D eigenvalue weighted by molar-refractivity contribution is 0.785. The van der Waals surface area contributed by atoms with E-state index in [-0.39, 0.29) is 12.4 Å². The van der Waals surface area contributed by atoms with Crippen LogP contribution in [0.4, 0.5) is 11.8 Å². The summed E-state index contributed by atoms with van der Waals surface area (Å²) in [6.07, 6.45) is 1.79. The molecule has 3 aromatic rings. The zero-order valence-corrected chi connectivity index (χ0v) is 14.3. The lowest BCUT2D eigenvalue weighted by Gasteiger charge is -2.09. The molecular formula is C16H21ClN6. The Balaban J connectivity index is 0.00000192. The lowest BCUT2D eigenvalue weighted by Crippen LogP contribution is -2.08. The fourth-order valence-electron chi connectivity index (χ4n) is 2.29. The molecule has 1 aromatic carbocycles. The van der Waals surface area contributed by atoms with Crippen molar-refractivity contribution in [2.75, 3.05) is 17.2 Å². The minimum Gasteiger partial charge on any atom is -0.365 e. The average Bonchev–Trinajstić information content (AvgIpc) is 2.89. The average molecular weight is 333 g/mol. The fourth-order valence-corrected chi connectivity index (χ4v) is 2.29. The van der Waals surface area contributed by atoms with Gasteiger partial charge in [-0.3, -0.25) is 4.68 Å². The Morgan fingerprint density at radius 3 is 2.52 bits per heavy atom. The Labute approximate surface area is 141 Å². The van der Waals surface area contributed by atoms with Crippen LogP contribution in [0.25, 0.3) is 11.0 Å². The summed E-state index contributed by atoms with van der Waals surface area (Å²) >= 11 is 0. The van der Waals surface area contributed by atoms with Crippen molar-refractivity contribution in [3.8, 4) is 0 Å². The van der Waals surface area contributed by atoms with Crippen molar-refractivity contribution in [3.63, 3.8) is 0 Å². The first-order chi connectivity index (χ1) is 10.7. The first-order valence-corrected chi connectivity index (χ1v) is 7.40. The van der Waals surface area contributed by atoms with E-state index in [4.69, 9.17) is 0 Å². The van der Waals surface area contributed by atoms with Gasteiger partial charge in [-0.15, -0.1) is 12.4 Å². The van der Waals surface area contributed by atoms with Gasteiger partial charge in [0, 0.05) is 20.1 Å². The summed E-state index contributed by atoms with van der Waals surface area (Å²) in [7, 11) is 1.88. The van der Waals surface area contributed by atoms with Gasteiger partial charge >= 0.3 is 0 Å². The van der Waals surface area contributed by atoms with Gasteiger partial charge in [0.05, 0.1) is 11.6 Å². The summed E-state index contributed by atoms with van der Waals surface area (Å²) in [6, 6.07) is 8.46. The number of anilines is 2. The van der Waals surface area contributed by atoms with Crippen molar-refractivity contribution in [1.82, 2.24) is 19.7 Å². The topological polar surface area (TPSA) is 67.7 Å². The van der Waals surface area contributed by atoms with Crippen LogP contribution in [0.5, 0.6) is 0 Å². The van der Waals surface area contributed by atoms with Gasteiger partial charge in [0.25, 0.3) is 0 Å². The molecule has 2 N–H and O–H groups in total. The van der Waals surface area contributed by atoms with E-state index in [1.165, 1.54) is 11.1 Å². The van der Waals surface area contributed by atoms with Crippen LogP contribution in [0.15, 0.2) is 30.5 Å². The van der Waals surface area contributed by atoms with Crippen LogP contribution in [0.3, 0.4) is 0 Å². The second-order valence-corrected chi connectivity index (χ2v) is 5.27.